The summed E-state index contributed by atoms with van der Waals surface area (Å²) >= 11 is 0. The van der Waals surface area contributed by atoms with Crippen LogP contribution in [0.25, 0.3) is 10.9 Å². The van der Waals surface area contributed by atoms with Crippen LogP contribution in [0.4, 0.5) is 0 Å². The van der Waals surface area contributed by atoms with E-state index in [0.717, 1.165) is 19.3 Å². The van der Waals surface area contributed by atoms with Crippen LogP contribution in [0.3, 0.4) is 0 Å². The smallest absolute Gasteiger partial charge is 0.0734 e. The van der Waals surface area contributed by atoms with Gasteiger partial charge in [-0.25, -0.2) is 0 Å². The van der Waals surface area contributed by atoms with E-state index in [4.69, 9.17) is 4.98 Å². The van der Waals surface area contributed by atoms with E-state index < -0.39 is 0 Å². The number of hydrogen-bond donors (Lipinski definition) is 0. The van der Waals surface area contributed by atoms with Crippen molar-refractivity contribution in [2.75, 3.05) is 0 Å². The zero-order valence-electron chi connectivity index (χ0n) is 10.4. The lowest BCUT2D eigenvalue weighted by Gasteiger charge is -2.09. The molecule has 2 rings (SSSR count). The second kappa shape index (κ2) is 4.65. The summed E-state index contributed by atoms with van der Waals surface area (Å²) in [7, 11) is 0. The van der Waals surface area contributed by atoms with Crippen LogP contribution in [0.5, 0.6) is 0 Å². The maximum atomic E-state index is 4.84. The Hall–Kier alpha value is -1.37. The first kappa shape index (κ1) is 11.1. The summed E-state index contributed by atoms with van der Waals surface area (Å²) < 4.78 is 0. The first-order chi connectivity index (χ1) is 7.76. The van der Waals surface area contributed by atoms with Crippen molar-refractivity contribution in [3.63, 3.8) is 0 Å². The van der Waals surface area contributed by atoms with Crippen LogP contribution in [-0.2, 0) is 12.8 Å². The summed E-state index contributed by atoms with van der Waals surface area (Å²) in [6.07, 6.45) is 3.33. The highest BCUT2D eigenvalue weighted by atomic mass is 14.7. The second-order valence-electron chi connectivity index (χ2n) is 4.34. The molecule has 1 nitrogen and oxygen atoms in total. The number of rotatable bonds is 3. The first-order valence-electron chi connectivity index (χ1n) is 6.14. The molecule has 0 N–H and O–H groups in total. The fourth-order valence-electron chi connectivity index (χ4n) is 2.19. The molecule has 0 saturated heterocycles. The summed E-state index contributed by atoms with van der Waals surface area (Å²) in [5, 5.41) is 1.27. The highest BCUT2D eigenvalue weighted by Crippen LogP contribution is 2.21. The molecule has 0 amide bonds. The quantitative estimate of drug-likeness (QED) is 0.749. The molecule has 0 aliphatic carbocycles. The minimum atomic E-state index is 1.08. The Morgan fingerprint density at radius 1 is 1.19 bits per heavy atom. The van der Waals surface area contributed by atoms with Crippen LogP contribution < -0.4 is 0 Å². The van der Waals surface area contributed by atoms with Gasteiger partial charge >= 0.3 is 0 Å². The van der Waals surface area contributed by atoms with Gasteiger partial charge in [0.2, 0.25) is 0 Å². The van der Waals surface area contributed by atoms with Gasteiger partial charge in [-0.05, 0) is 37.0 Å². The Kier molecular flexibility index (Phi) is 3.23. The normalized spacial score (nSPS) is 10.9. The van der Waals surface area contributed by atoms with Gasteiger partial charge in [0.15, 0.2) is 0 Å². The third kappa shape index (κ3) is 1.95. The molecule has 1 heterocycles. The first-order valence-corrected chi connectivity index (χ1v) is 6.14. The molecule has 0 aliphatic rings. The molecule has 16 heavy (non-hydrogen) atoms. The van der Waals surface area contributed by atoms with Gasteiger partial charge in [0.05, 0.1) is 5.52 Å². The monoisotopic (exact) mass is 213 g/mol. The molecule has 1 aromatic carbocycles. The molecule has 1 aromatic heterocycles. The molecule has 0 spiro atoms. The summed E-state index contributed by atoms with van der Waals surface area (Å²) in [4.78, 5) is 4.84. The number of pyridine rings is 1. The number of aromatic nitrogens is 1. The van der Waals surface area contributed by atoms with Gasteiger partial charge in [0.1, 0.15) is 0 Å². The van der Waals surface area contributed by atoms with Gasteiger partial charge in [0.25, 0.3) is 0 Å². The van der Waals surface area contributed by atoms with Crippen molar-refractivity contribution in [2.24, 2.45) is 0 Å². The zero-order valence-corrected chi connectivity index (χ0v) is 10.4. The van der Waals surface area contributed by atoms with Crippen LogP contribution in [0.1, 0.15) is 37.1 Å². The fourth-order valence-corrected chi connectivity index (χ4v) is 2.19. The lowest BCUT2D eigenvalue weighted by Crippen LogP contribution is -1.98. The maximum absolute atomic E-state index is 4.84. The molecule has 0 fully saturated rings. The Balaban J connectivity index is 2.65. The molecule has 0 bridgehead atoms. The lowest BCUT2D eigenvalue weighted by atomic mass is 10.0. The average Bonchev–Trinajstić information content (AvgIpc) is 2.30. The van der Waals surface area contributed by atoms with Crippen molar-refractivity contribution in [2.45, 2.75) is 40.0 Å². The van der Waals surface area contributed by atoms with E-state index in [9.17, 15) is 0 Å². The number of hydrogen-bond acceptors (Lipinski definition) is 1. The van der Waals surface area contributed by atoms with Crippen LogP contribution in [0, 0.1) is 6.92 Å². The van der Waals surface area contributed by atoms with Gasteiger partial charge < -0.3 is 0 Å². The second-order valence-corrected chi connectivity index (χ2v) is 4.34. The van der Waals surface area contributed by atoms with Gasteiger partial charge in [-0.15, -0.1) is 0 Å². The number of fused-ring (bicyclic) bond motifs is 1. The molecule has 0 atom stereocenters. The predicted molar refractivity (Wildman–Crippen MR) is 69.9 cm³/mol. The number of benzene rings is 1. The number of nitrogens with zero attached hydrogens (tertiary/aromatic N) is 1. The summed E-state index contributed by atoms with van der Waals surface area (Å²) in [6, 6.07) is 8.71. The van der Waals surface area contributed by atoms with Crippen molar-refractivity contribution in [1.29, 1.82) is 0 Å². The third-order valence-electron chi connectivity index (χ3n) is 3.08. The minimum Gasteiger partial charge on any atom is -0.252 e. The molecule has 0 radical (unpaired) electrons. The standard InChI is InChI=1S/C15H19N/c1-4-7-14-12(5-2)10-13-9-6-8-11(3)15(13)16-14/h6,8-10H,4-5,7H2,1-3H3. The largest absolute Gasteiger partial charge is 0.252 e. The van der Waals surface area contributed by atoms with Crippen LogP contribution in [0.2, 0.25) is 0 Å². The third-order valence-corrected chi connectivity index (χ3v) is 3.08. The van der Waals surface area contributed by atoms with E-state index >= 15 is 0 Å². The van der Waals surface area contributed by atoms with Gasteiger partial charge in [-0.3, -0.25) is 4.98 Å². The van der Waals surface area contributed by atoms with Crippen molar-refractivity contribution in [3.8, 4) is 0 Å². The molecule has 0 unspecified atom stereocenters. The van der Waals surface area contributed by atoms with E-state index in [1.807, 2.05) is 0 Å². The number of para-hydroxylation sites is 1. The molecule has 2 aromatic rings. The summed E-state index contributed by atoms with van der Waals surface area (Å²) in [5.74, 6) is 0. The molecule has 0 aliphatic heterocycles. The Bertz CT molecular complexity index is 500. The molecular weight excluding hydrogens is 194 g/mol. The van der Waals surface area contributed by atoms with E-state index in [-0.39, 0.29) is 0 Å². The highest BCUT2D eigenvalue weighted by Gasteiger charge is 2.06. The van der Waals surface area contributed by atoms with E-state index in [0.29, 0.717) is 0 Å². The summed E-state index contributed by atoms with van der Waals surface area (Å²) in [6.45, 7) is 6.55. The Labute approximate surface area is 97.5 Å². The summed E-state index contributed by atoms with van der Waals surface area (Å²) in [5.41, 5.74) is 5.13. The zero-order chi connectivity index (χ0) is 11.5. The molecule has 0 saturated carbocycles. The fraction of sp³-hybridized carbons (Fsp3) is 0.400. The van der Waals surface area contributed by atoms with E-state index in [1.54, 1.807) is 0 Å². The number of aryl methyl sites for hydroxylation is 3. The van der Waals surface area contributed by atoms with Crippen molar-refractivity contribution < 1.29 is 0 Å². The van der Waals surface area contributed by atoms with E-state index in [1.165, 1.54) is 27.7 Å². The minimum absolute atomic E-state index is 1.08. The van der Waals surface area contributed by atoms with E-state index in [2.05, 4.69) is 45.0 Å². The Morgan fingerprint density at radius 3 is 2.69 bits per heavy atom. The SMILES string of the molecule is CCCc1nc2c(C)cccc2cc1CC. The predicted octanol–water partition coefficient (Wildman–Crippen LogP) is 4.06. The van der Waals surface area contributed by atoms with Crippen LogP contribution in [-0.4, -0.2) is 4.98 Å². The molecule has 1 heteroatoms. The van der Waals surface area contributed by atoms with Crippen molar-refractivity contribution in [1.82, 2.24) is 4.98 Å². The van der Waals surface area contributed by atoms with Crippen molar-refractivity contribution in [3.05, 3.63) is 41.1 Å². The van der Waals surface area contributed by atoms with Crippen LogP contribution in [0.15, 0.2) is 24.3 Å². The van der Waals surface area contributed by atoms with Gasteiger partial charge in [-0.1, -0.05) is 38.5 Å². The van der Waals surface area contributed by atoms with Crippen LogP contribution >= 0.6 is 0 Å². The van der Waals surface area contributed by atoms with Gasteiger partial charge in [-0.2, -0.15) is 0 Å². The maximum Gasteiger partial charge on any atom is 0.0734 e. The van der Waals surface area contributed by atoms with Crippen molar-refractivity contribution >= 4 is 10.9 Å². The molecular formula is C15H19N. The highest BCUT2D eigenvalue weighted by molar-refractivity contribution is 5.82. The molecule has 84 valence electrons. The van der Waals surface area contributed by atoms with Gasteiger partial charge in [0, 0.05) is 11.1 Å². The Morgan fingerprint density at radius 2 is 2.00 bits per heavy atom. The average molecular weight is 213 g/mol. The topological polar surface area (TPSA) is 12.9 Å². The lowest BCUT2D eigenvalue weighted by molar-refractivity contribution is 0.865.